The quantitative estimate of drug-likeness (QED) is 0.818. The Morgan fingerprint density at radius 3 is 2.29 bits per heavy atom. The van der Waals surface area contributed by atoms with Crippen molar-refractivity contribution < 1.29 is 23.4 Å². The molecule has 118 valence electrons. The molecule has 0 radical (unpaired) electrons. The van der Waals surface area contributed by atoms with Crippen LogP contribution in [-0.2, 0) is 9.53 Å². The lowest BCUT2D eigenvalue weighted by Crippen LogP contribution is -2.48. The van der Waals surface area contributed by atoms with Crippen molar-refractivity contribution in [3.05, 3.63) is 35.4 Å². The predicted octanol–water partition coefficient (Wildman–Crippen LogP) is 2.18. The van der Waals surface area contributed by atoms with Gasteiger partial charge in [0, 0.05) is 6.54 Å². The highest BCUT2D eigenvalue weighted by atomic mass is 19.1. The van der Waals surface area contributed by atoms with Crippen LogP contribution in [0.25, 0.3) is 0 Å². The maximum Gasteiger partial charge on any atom is 0.323 e. The van der Waals surface area contributed by atoms with Crippen molar-refractivity contribution in [1.29, 1.82) is 0 Å². The molecule has 0 aliphatic heterocycles. The molecule has 2 atom stereocenters. The van der Waals surface area contributed by atoms with E-state index in [0.29, 0.717) is 0 Å². The molecule has 6 heteroatoms. The Bertz CT molecular complexity index is 480. The number of carbonyl (C=O) groups excluding carboxylic acids is 1. The molecule has 0 amide bonds. The van der Waals surface area contributed by atoms with E-state index in [4.69, 9.17) is 4.74 Å². The van der Waals surface area contributed by atoms with Crippen LogP contribution in [0.2, 0.25) is 0 Å². The number of methoxy groups -OCH3 is 1. The minimum Gasteiger partial charge on any atom is -0.468 e. The summed E-state index contributed by atoms with van der Waals surface area (Å²) in [7, 11) is 1.26. The summed E-state index contributed by atoms with van der Waals surface area (Å²) >= 11 is 0. The molecule has 0 spiro atoms. The van der Waals surface area contributed by atoms with Crippen molar-refractivity contribution in [3.8, 4) is 0 Å². The van der Waals surface area contributed by atoms with Crippen molar-refractivity contribution in [3.63, 3.8) is 0 Å². The van der Waals surface area contributed by atoms with Gasteiger partial charge in [-0.25, -0.2) is 8.78 Å². The van der Waals surface area contributed by atoms with E-state index in [1.807, 2.05) is 20.8 Å². The van der Waals surface area contributed by atoms with E-state index in [0.717, 1.165) is 12.1 Å². The fourth-order valence-electron chi connectivity index (χ4n) is 2.02. The second-order valence-electron chi connectivity index (χ2n) is 5.88. The van der Waals surface area contributed by atoms with Crippen LogP contribution >= 0.6 is 0 Å². The van der Waals surface area contributed by atoms with Gasteiger partial charge >= 0.3 is 5.97 Å². The zero-order valence-corrected chi connectivity index (χ0v) is 12.6. The minimum atomic E-state index is -1.40. The smallest absolute Gasteiger partial charge is 0.323 e. The van der Waals surface area contributed by atoms with Gasteiger partial charge in [-0.15, -0.1) is 0 Å². The van der Waals surface area contributed by atoms with Crippen LogP contribution in [-0.4, -0.2) is 30.8 Å². The van der Waals surface area contributed by atoms with Gasteiger partial charge in [0.1, 0.15) is 17.7 Å². The Morgan fingerprint density at radius 2 is 1.86 bits per heavy atom. The van der Waals surface area contributed by atoms with Gasteiger partial charge in [-0.05, 0) is 17.5 Å². The molecule has 0 aromatic heterocycles. The van der Waals surface area contributed by atoms with Crippen LogP contribution < -0.4 is 5.32 Å². The minimum absolute atomic E-state index is 0.172. The lowest BCUT2D eigenvalue weighted by Gasteiger charge is -2.30. The van der Waals surface area contributed by atoms with Crippen LogP contribution in [0.1, 0.15) is 32.4 Å². The monoisotopic (exact) mass is 301 g/mol. The summed E-state index contributed by atoms with van der Waals surface area (Å²) in [6.07, 6.45) is -1.40. The summed E-state index contributed by atoms with van der Waals surface area (Å²) in [6, 6.07) is 2.67. The van der Waals surface area contributed by atoms with Gasteiger partial charge in [-0.3, -0.25) is 4.79 Å². The number of benzene rings is 1. The summed E-state index contributed by atoms with van der Waals surface area (Å²) in [5.74, 6) is -2.15. The number of aliphatic hydroxyl groups is 1. The third-order valence-corrected chi connectivity index (χ3v) is 3.15. The lowest BCUT2D eigenvalue weighted by atomic mass is 9.86. The number of hydrogen-bond donors (Lipinski definition) is 2. The average Bonchev–Trinajstić information content (AvgIpc) is 2.36. The van der Waals surface area contributed by atoms with Crippen molar-refractivity contribution in [1.82, 2.24) is 5.32 Å². The molecular weight excluding hydrogens is 280 g/mol. The van der Waals surface area contributed by atoms with E-state index in [1.165, 1.54) is 13.2 Å². The van der Waals surface area contributed by atoms with Crippen LogP contribution in [0.15, 0.2) is 18.2 Å². The first-order chi connectivity index (χ1) is 9.68. The van der Waals surface area contributed by atoms with E-state index < -0.39 is 40.7 Å². The Morgan fingerprint density at radius 1 is 1.33 bits per heavy atom. The Labute approximate surface area is 123 Å². The van der Waals surface area contributed by atoms with Crippen LogP contribution in [0.4, 0.5) is 8.78 Å². The van der Waals surface area contributed by atoms with Gasteiger partial charge in [0.05, 0.1) is 18.8 Å². The first-order valence-electron chi connectivity index (χ1n) is 6.61. The lowest BCUT2D eigenvalue weighted by molar-refractivity contribution is -0.146. The highest BCUT2D eigenvalue weighted by molar-refractivity contribution is 5.76. The molecule has 0 aliphatic carbocycles. The topological polar surface area (TPSA) is 58.6 Å². The average molecular weight is 301 g/mol. The van der Waals surface area contributed by atoms with Gasteiger partial charge in [0.2, 0.25) is 0 Å². The van der Waals surface area contributed by atoms with Crippen molar-refractivity contribution >= 4 is 5.97 Å². The summed E-state index contributed by atoms with van der Waals surface area (Å²) in [4.78, 5) is 11.7. The first-order valence-corrected chi connectivity index (χ1v) is 6.61. The number of aliphatic hydroxyl groups excluding tert-OH is 1. The maximum atomic E-state index is 13.6. The predicted molar refractivity (Wildman–Crippen MR) is 74.6 cm³/mol. The fraction of sp³-hybridized carbons (Fsp3) is 0.533. The Balaban J connectivity index is 2.83. The zero-order chi connectivity index (χ0) is 16.2. The number of halogens is 2. The van der Waals surface area contributed by atoms with Gasteiger partial charge in [-0.2, -0.15) is 0 Å². The number of rotatable bonds is 5. The maximum absolute atomic E-state index is 13.6. The Kier molecular flexibility index (Phi) is 5.80. The van der Waals surface area contributed by atoms with Crippen molar-refractivity contribution in [2.75, 3.05) is 13.7 Å². The van der Waals surface area contributed by atoms with Crippen LogP contribution in [0, 0.1) is 17.0 Å². The zero-order valence-electron chi connectivity index (χ0n) is 12.6. The summed E-state index contributed by atoms with van der Waals surface area (Å²) in [5, 5.41) is 12.8. The van der Waals surface area contributed by atoms with Crippen LogP contribution in [0.5, 0.6) is 0 Å². The number of ether oxygens (including phenoxy) is 1. The van der Waals surface area contributed by atoms with Crippen molar-refractivity contribution in [2.45, 2.75) is 32.9 Å². The van der Waals surface area contributed by atoms with Gasteiger partial charge in [-0.1, -0.05) is 26.8 Å². The molecule has 0 heterocycles. The molecule has 2 unspecified atom stereocenters. The molecule has 21 heavy (non-hydrogen) atoms. The number of nitrogens with one attached hydrogen (secondary N) is 1. The molecule has 0 bridgehead atoms. The molecule has 1 aromatic rings. The number of esters is 1. The summed E-state index contributed by atoms with van der Waals surface area (Å²) in [6.45, 7) is 5.28. The third-order valence-electron chi connectivity index (χ3n) is 3.15. The van der Waals surface area contributed by atoms with Crippen molar-refractivity contribution in [2.24, 2.45) is 5.41 Å². The highest BCUT2D eigenvalue weighted by Crippen LogP contribution is 2.23. The van der Waals surface area contributed by atoms with E-state index in [9.17, 15) is 18.7 Å². The molecule has 0 saturated heterocycles. The first kappa shape index (κ1) is 17.5. The fourth-order valence-corrected chi connectivity index (χ4v) is 2.02. The van der Waals surface area contributed by atoms with Crippen LogP contribution in [0.3, 0.4) is 0 Å². The SMILES string of the molecule is COC(=O)C(NCC(O)c1c(F)cccc1F)C(C)(C)C. The highest BCUT2D eigenvalue weighted by Gasteiger charge is 2.32. The molecule has 1 aromatic carbocycles. The summed E-state index contributed by atoms with van der Waals surface area (Å²) in [5.41, 5.74) is -0.886. The largest absolute Gasteiger partial charge is 0.468 e. The summed E-state index contributed by atoms with van der Waals surface area (Å²) < 4.78 is 31.8. The Hall–Kier alpha value is -1.53. The normalized spacial score (nSPS) is 14.6. The molecular formula is C15H21F2NO3. The van der Waals surface area contributed by atoms with Gasteiger partial charge in [0.15, 0.2) is 0 Å². The molecule has 0 saturated carbocycles. The van der Waals surface area contributed by atoms with Gasteiger partial charge in [0.25, 0.3) is 0 Å². The molecule has 0 fully saturated rings. The second-order valence-corrected chi connectivity index (χ2v) is 5.88. The molecule has 2 N–H and O–H groups in total. The molecule has 0 aliphatic rings. The standard InChI is InChI=1S/C15H21F2NO3/c1-15(2,3)13(14(20)21-4)18-8-11(19)12-9(16)6-5-7-10(12)17/h5-7,11,13,18-19H,8H2,1-4H3. The third kappa shape index (κ3) is 4.47. The van der Waals surface area contributed by atoms with E-state index in [1.54, 1.807) is 0 Å². The molecule has 1 rings (SSSR count). The molecule has 4 nitrogen and oxygen atoms in total. The van der Waals surface area contributed by atoms with E-state index >= 15 is 0 Å². The number of carbonyl (C=O) groups is 1. The van der Waals surface area contributed by atoms with Gasteiger partial charge < -0.3 is 15.2 Å². The van der Waals surface area contributed by atoms with E-state index in [-0.39, 0.29) is 6.54 Å². The second kappa shape index (κ2) is 6.95. The van der Waals surface area contributed by atoms with E-state index in [2.05, 4.69) is 5.32 Å². The number of hydrogen-bond acceptors (Lipinski definition) is 4.